The van der Waals surface area contributed by atoms with Crippen molar-refractivity contribution in [3.05, 3.63) is 131 Å². The lowest BCUT2D eigenvalue weighted by Crippen LogP contribution is -2.30. The van der Waals surface area contributed by atoms with E-state index in [1.807, 2.05) is 65.6 Å². The second kappa shape index (κ2) is 8.40. The Hall–Kier alpha value is -3.37. The van der Waals surface area contributed by atoms with E-state index in [-0.39, 0.29) is 17.0 Å². The Balaban J connectivity index is 1.65. The number of benzene rings is 4. The fraction of sp³-hybridized carbons (Fsp3) is 0.0741. The predicted octanol–water partition coefficient (Wildman–Crippen LogP) is 6.87. The number of anilines is 1. The summed E-state index contributed by atoms with van der Waals surface area (Å²) < 4.78 is 13.4. The van der Waals surface area contributed by atoms with Crippen LogP contribution in [0.4, 0.5) is 10.1 Å². The molecule has 0 radical (unpaired) electrons. The van der Waals surface area contributed by atoms with Crippen LogP contribution in [0.25, 0.3) is 0 Å². The van der Waals surface area contributed by atoms with Gasteiger partial charge in [-0.15, -0.1) is 11.8 Å². The zero-order chi connectivity index (χ0) is 21.2. The maximum Gasteiger partial charge on any atom is 0.258 e. The van der Waals surface area contributed by atoms with Crippen LogP contribution in [0.3, 0.4) is 0 Å². The van der Waals surface area contributed by atoms with Crippen LogP contribution < -0.4 is 4.90 Å². The van der Waals surface area contributed by atoms with Crippen molar-refractivity contribution >= 4 is 23.4 Å². The van der Waals surface area contributed by atoms with Crippen molar-refractivity contribution in [1.29, 1.82) is 0 Å². The van der Waals surface area contributed by atoms with Gasteiger partial charge in [0, 0.05) is 16.1 Å². The van der Waals surface area contributed by atoms with Crippen molar-refractivity contribution in [3.63, 3.8) is 0 Å². The number of thioether (sulfide) groups is 1. The second-order valence-corrected chi connectivity index (χ2v) is 8.65. The maximum absolute atomic E-state index is 13.7. The van der Waals surface area contributed by atoms with E-state index in [2.05, 4.69) is 18.2 Å². The molecule has 1 amide bonds. The molecular weight excluding hydrogens is 405 g/mol. The van der Waals surface area contributed by atoms with Gasteiger partial charge < -0.3 is 4.90 Å². The summed E-state index contributed by atoms with van der Waals surface area (Å²) in [4.78, 5) is 16.7. The van der Waals surface area contributed by atoms with Gasteiger partial charge in [-0.1, -0.05) is 66.7 Å². The van der Waals surface area contributed by atoms with Crippen LogP contribution in [0, 0.1) is 5.82 Å². The largest absolute Gasteiger partial charge is 0.304 e. The molecule has 0 N–H and O–H groups in total. The van der Waals surface area contributed by atoms with Gasteiger partial charge in [0.1, 0.15) is 5.82 Å². The monoisotopic (exact) mass is 425 g/mol. The van der Waals surface area contributed by atoms with Crippen LogP contribution in [-0.4, -0.2) is 5.91 Å². The molecule has 0 saturated heterocycles. The number of hydrogen-bond donors (Lipinski definition) is 0. The van der Waals surface area contributed by atoms with Crippen LogP contribution in [0.2, 0.25) is 0 Å². The van der Waals surface area contributed by atoms with Gasteiger partial charge >= 0.3 is 0 Å². The van der Waals surface area contributed by atoms with Gasteiger partial charge in [0.15, 0.2) is 0 Å². The standard InChI is InChI=1S/C27H20FNOS/c28-20-16-14-19(15-17-20)18-29-25-13-7-6-12-24(25)26(31-21-8-2-1-3-9-21)22-10-4-5-11-23(22)27(29)30/h1-17,26H,18H2/t26-/m1/s1. The second-order valence-electron chi connectivity index (χ2n) is 7.47. The first-order valence-electron chi connectivity index (χ1n) is 10.2. The number of fused-ring (bicyclic) bond motifs is 2. The molecule has 0 unspecified atom stereocenters. The summed E-state index contributed by atoms with van der Waals surface area (Å²) in [5.74, 6) is -0.320. The number of amides is 1. The Labute approximate surface area is 185 Å². The fourth-order valence-corrected chi connectivity index (χ4v) is 5.23. The third-order valence-corrected chi connectivity index (χ3v) is 6.77. The van der Waals surface area contributed by atoms with E-state index in [4.69, 9.17) is 0 Å². The lowest BCUT2D eigenvalue weighted by molar-refractivity contribution is 0.0985. The number of carbonyl (C=O) groups is 1. The van der Waals surface area contributed by atoms with Crippen LogP contribution in [0.1, 0.15) is 32.3 Å². The number of carbonyl (C=O) groups excluding carboxylic acids is 1. The van der Waals surface area contributed by atoms with Crippen molar-refractivity contribution < 1.29 is 9.18 Å². The molecule has 0 fully saturated rings. The molecule has 0 aromatic heterocycles. The minimum Gasteiger partial charge on any atom is -0.304 e. The highest BCUT2D eigenvalue weighted by Gasteiger charge is 2.32. The highest BCUT2D eigenvalue weighted by atomic mass is 32.2. The third-order valence-electron chi connectivity index (χ3n) is 5.48. The first-order valence-corrected chi connectivity index (χ1v) is 11.0. The normalized spacial score (nSPS) is 15.2. The quantitative estimate of drug-likeness (QED) is 0.356. The van der Waals surface area contributed by atoms with Crippen molar-refractivity contribution in [3.8, 4) is 0 Å². The Morgan fingerprint density at radius 2 is 1.39 bits per heavy atom. The molecule has 0 saturated carbocycles. The van der Waals surface area contributed by atoms with E-state index in [1.165, 1.54) is 12.1 Å². The van der Waals surface area contributed by atoms with Crippen molar-refractivity contribution in [2.45, 2.75) is 16.7 Å². The molecule has 31 heavy (non-hydrogen) atoms. The summed E-state index contributed by atoms with van der Waals surface area (Å²) in [7, 11) is 0. The number of para-hydroxylation sites is 1. The Bertz CT molecular complexity index is 1220. The van der Waals surface area contributed by atoms with Gasteiger partial charge in [0.25, 0.3) is 5.91 Å². The molecule has 4 aromatic carbocycles. The molecule has 1 aliphatic rings. The molecular formula is C27H20FNOS. The van der Waals surface area contributed by atoms with Crippen molar-refractivity contribution in [2.75, 3.05) is 4.90 Å². The third kappa shape index (κ3) is 3.87. The summed E-state index contributed by atoms with van der Waals surface area (Å²) in [5, 5.41) is -0.0167. The number of halogens is 1. The highest BCUT2D eigenvalue weighted by Crippen LogP contribution is 2.47. The van der Waals surface area contributed by atoms with Crippen molar-refractivity contribution in [2.24, 2.45) is 0 Å². The van der Waals surface area contributed by atoms with E-state index in [1.54, 1.807) is 23.9 Å². The van der Waals surface area contributed by atoms with Gasteiger partial charge in [0.2, 0.25) is 0 Å². The molecule has 0 aliphatic carbocycles. The molecule has 152 valence electrons. The van der Waals surface area contributed by atoms with Gasteiger partial charge in [-0.2, -0.15) is 0 Å². The summed E-state index contributed by atoms with van der Waals surface area (Å²) in [6.45, 7) is 0.382. The lowest BCUT2D eigenvalue weighted by Gasteiger charge is -2.24. The van der Waals surface area contributed by atoms with Crippen molar-refractivity contribution in [1.82, 2.24) is 0 Å². The molecule has 0 bridgehead atoms. The van der Waals surface area contributed by atoms with Gasteiger partial charge in [-0.3, -0.25) is 4.79 Å². The molecule has 5 rings (SSSR count). The Morgan fingerprint density at radius 1 is 0.742 bits per heavy atom. The smallest absolute Gasteiger partial charge is 0.258 e. The topological polar surface area (TPSA) is 20.3 Å². The SMILES string of the molecule is O=C1c2ccccc2[C@@H](Sc2ccccc2)c2ccccc2N1Cc1ccc(F)cc1. The van der Waals surface area contributed by atoms with Crippen LogP contribution >= 0.6 is 11.8 Å². The average molecular weight is 426 g/mol. The molecule has 1 aliphatic heterocycles. The minimum absolute atomic E-state index is 0.0167. The van der Waals surface area contributed by atoms with E-state index >= 15 is 0 Å². The molecule has 2 nitrogen and oxygen atoms in total. The van der Waals surface area contributed by atoms with Crippen LogP contribution in [-0.2, 0) is 6.54 Å². The van der Waals surface area contributed by atoms with Gasteiger partial charge in [0.05, 0.1) is 11.8 Å². The van der Waals surface area contributed by atoms with Crippen LogP contribution in [0.5, 0.6) is 0 Å². The summed E-state index contributed by atoms with van der Waals surface area (Å²) in [5.41, 5.74) is 4.58. The fourth-order valence-electron chi connectivity index (χ4n) is 3.99. The molecule has 4 heteroatoms. The molecule has 1 atom stereocenters. The van der Waals surface area contributed by atoms with Crippen LogP contribution in [0.15, 0.2) is 108 Å². The number of nitrogens with zero attached hydrogens (tertiary/aromatic N) is 1. The maximum atomic E-state index is 13.7. The zero-order valence-corrected chi connectivity index (χ0v) is 17.6. The zero-order valence-electron chi connectivity index (χ0n) is 16.7. The number of hydrogen-bond acceptors (Lipinski definition) is 2. The predicted molar refractivity (Wildman–Crippen MR) is 124 cm³/mol. The van der Waals surface area contributed by atoms with Gasteiger partial charge in [-0.25, -0.2) is 4.39 Å². The number of rotatable bonds is 4. The summed E-state index contributed by atoms with van der Waals surface area (Å²) >= 11 is 1.75. The first kappa shape index (κ1) is 19.6. The van der Waals surface area contributed by atoms with E-state index in [9.17, 15) is 9.18 Å². The average Bonchev–Trinajstić information content (AvgIpc) is 2.91. The van der Waals surface area contributed by atoms with Gasteiger partial charge in [-0.05, 0) is 53.1 Å². The summed E-state index contributed by atoms with van der Waals surface area (Å²) in [6.07, 6.45) is 0. The van der Waals surface area contributed by atoms with E-state index < -0.39 is 0 Å². The highest BCUT2D eigenvalue weighted by molar-refractivity contribution is 7.99. The Morgan fingerprint density at radius 3 is 2.16 bits per heavy atom. The van der Waals surface area contributed by atoms with E-state index in [0.717, 1.165) is 27.3 Å². The minimum atomic E-state index is -0.281. The first-order chi connectivity index (χ1) is 15.2. The van der Waals surface area contributed by atoms with E-state index in [0.29, 0.717) is 12.1 Å². The molecule has 0 spiro atoms. The molecule has 4 aromatic rings. The lowest BCUT2D eigenvalue weighted by atomic mass is 10.00. The summed E-state index contributed by atoms with van der Waals surface area (Å²) in [6, 6.07) is 32.5. The molecule has 1 heterocycles. The Kier molecular flexibility index (Phi) is 5.31.